The second-order valence-corrected chi connectivity index (χ2v) is 8.21. The van der Waals surface area contributed by atoms with Crippen molar-refractivity contribution in [2.75, 3.05) is 13.1 Å². The Balaban J connectivity index is 1.28. The minimum atomic E-state index is -4.36. The number of nitrogens with one attached hydrogen (secondary N) is 1. The van der Waals surface area contributed by atoms with E-state index in [0.717, 1.165) is 60.8 Å². The maximum absolute atomic E-state index is 13.1. The summed E-state index contributed by atoms with van der Waals surface area (Å²) in [5.74, 6) is 0.237. The highest BCUT2D eigenvalue weighted by atomic mass is 19.4. The van der Waals surface area contributed by atoms with Crippen LogP contribution < -0.4 is 0 Å². The van der Waals surface area contributed by atoms with Crippen LogP contribution in [0.3, 0.4) is 0 Å². The van der Waals surface area contributed by atoms with Crippen molar-refractivity contribution < 1.29 is 13.2 Å². The normalized spacial score (nSPS) is 16.0. The molecule has 0 spiro atoms. The third kappa shape index (κ3) is 4.23. The summed E-state index contributed by atoms with van der Waals surface area (Å²) in [5.41, 5.74) is 4.55. The fraction of sp³-hybridized carbons (Fsp3) is 0.292. The lowest BCUT2D eigenvalue weighted by molar-refractivity contribution is -0.137. The number of likely N-dealkylation sites (tertiary alicyclic amines) is 1. The van der Waals surface area contributed by atoms with E-state index in [4.69, 9.17) is 0 Å². The second-order valence-electron chi connectivity index (χ2n) is 8.21. The topological polar surface area (TPSA) is 57.7 Å². The van der Waals surface area contributed by atoms with Crippen LogP contribution in [0.1, 0.15) is 35.6 Å². The predicted molar refractivity (Wildman–Crippen MR) is 116 cm³/mol. The molecule has 3 heterocycles. The van der Waals surface area contributed by atoms with E-state index >= 15 is 0 Å². The number of H-pyrrole nitrogens is 1. The first kappa shape index (κ1) is 20.6. The molecule has 8 heteroatoms. The fourth-order valence-corrected chi connectivity index (χ4v) is 4.45. The van der Waals surface area contributed by atoms with Crippen LogP contribution in [0.5, 0.6) is 0 Å². The Kier molecular flexibility index (Phi) is 5.38. The first-order chi connectivity index (χ1) is 15.5. The van der Waals surface area contributed by atoms with Gasteiger partial charge in [-0.25, -0.2) is 0 Å². The van der Waals surface area contributed by atoms with Gasteiger partial charge in [0, 0.05) is 36.1 Å². The van der Waals surface area contributed by atoms with Crippen LogP contribution in [0.2, 0.25) is 0 Å². The summed E-state index contributed by atoms with van der Waals surface area (Å²) >= 11 is 0. The van der Waals surface area contributed by atoms with Gasteiger partial charge in [0.25, 0.3) is 0 Å². The van der Waals surface area contributed by atoms with Gasteiger partial charge in [-0.1, -0.05) is 18.2 Å². The largest absolute Gasteiger partial charge is 0.416 e. The van der Waals surface area contributed by atoms with Crippen LogP contribution in [0.25, 0.3) is 22.2 Å². The zero-order valence-electron chi connectivity index (χ0n) is 17.3. The van der Waals surface area contributed by atoms with E-state index in [1.54, 1.807) is 24.7 Å². The van der Waals surface area contributed by atoms with Crippen molar-refractivity contribution >= 4 is 11.0 Å². The summed E-state index contributed by atoms with van der Waals surface area (Å²) in [6.07, 6.45) is 2.50. The number of aromatic amines is 1. The fourth-order valence-electron chi connectivity index (χ4n) is 4.45. The minimum absolute atomic E-state index is 0.237. The Hall–Kier alpha value is -3.26. The summed E-state index contributed by atoms with van der Waals surface area (Å²) in [6.45, 7) is 2.65. The van der Waals surface area contributed by atoms with Gasteiger partial charge in [0.2, 0.25) is 0 Å². The van der Waals surface area contributed by atoms with Crippen LogP contribution >= 0.6 is 0 Å². The van der Waals surface area contributed by atoms with Crippen molar-refractivity contribution in [2.24, 2.45) is 0 Å². The van der Waals surface area contributed by atoms with Crippen molar-refractivity contribution in [1.29, 1.82) is 0 Å². The first-order valence-electron chi connectivity index (χ1n) is 10.6. The monoisotopic (exact) mass is 437 g/mol. The van der Waals surface area contributed by atoms with Crippen molar-refractivity contribution in [3.8, 4) is 11.1 Å². The molecule has 0 amide bonds. The Morgan fingerprint density at radius 1 is 0.969 bits per heavy atom. The number of alkyl halides is 3. The lowest BCUT2D eigenvalue weighted by Crippen LogP contribution is -2.32. The lowest BCUT2D eigenvalue weighted by Gasteiger charge is -2.32. The third-order valence-corrected chi connectivity index (χ3v) is 6.11. The number of fused-ring (bicyclic) bond motifs is 1. The van der Waals surface area contributed by atoms with E-state index in [1.807, 2.05) is 6.07 Å². The first-order valence-corrected chi connectivity index (χ1v) is 10.6. The molecule has 0 radical (unpaired) electrons. The smallest absolute Gasteiger partial charge is 0.299 e. The van der Waals surface area contributed by atoms with Crippen LogP contribution in [0, 0.1) is 0 Å². The maximum Gasteiger partial charge on any atom is 0.416 e. The molecule has 164 valence electrons. The molecule has 1 aliphatic heterocycles. The van der Waals surface area contributed by atoms with Gasteiger partial charge in [-0.2, -0.15) is 18.3 Å². The number of rotatable bonds is 4. The summed E-state index contributed by atoms with van der Waals surface area (Å²) in [7, 11) is 0. The van der Waals surface area contributed by atoms with Gasteiger partial charge in [0.15, 0.2) is 0 Å². The minimum Gasteiger partial charge on any atom is -0.299 e. The molecular weight excluding hydrogens is 415 g/mol. The zero-order chi connectivity index (χ0) is 22.1. The quantitative estimate of drug-likeness (QED) is 0.463. The van der Waals surface area contributed by atoms with E-state index in [-0.39, 0.29) is 5.92 Å². The molecule has 0 atom stereocenters. The molecular formula is C24H22F3N5. The van der Waals surface area contributed by atoms with Gasteiger partial charge in [0.05, 0.1) is 22.8 Å². The van der Waals surface area contributed by atoms with Crippen LogP contribution in [0.4, 0.5) is 13.2 Å². The van der Waals surface area contributed by atoms with E-state index in [0.29, 0.717) is 5.56 Å². The van der Waals surface area contributed by atoms with Crippen LogP contribution in [-0.2, 0) is 12.7 Å². The van der Waals surface area contributed by atoms with Gasteiger partial charge < -0.3 is 0 Å². The van der Waals surface area contributed by atoms with Gasteiger partial charge in [-0.05, 0) is 61.3 Å². The molecule has 1 N–H and O–H groups in total. The number of benzene rings is 2. The molecule has 4 aromatic rings. The molecule has 0 bridgehead atoms. The predicted octanol–water partition coefficient (Wildman–Crippen LogP) is 5.42. The second kappa shape index (κ2) is 8.35. The lowest BCUT2D eigenvalue weighted by atomic mass is 9.89. The van der Waals surface area contributed by atoms with Gasteiger partial charge in [-0.3, -0.25) is 20.0 Å². The SMILES string of the molecule is FC(F)(F)c1cccc(-c2cn[nH]c2C2CCN(Cc3ccc4nccnc4c3)CC2)c1. The van der Waals surface area contributed by atoms with E-state index in [2.05, 4.69) is 37.2 Å². The number of piperidine rings is 1. The molecule has 0 saturated carbocycles. The summed E-state index contributed by atoms with van der Waals surface area (Å²) in [5, 5.41) is 7.20. The molecule has 2 aromatic heterocycles. The zero-order valence-corrected chi connectivity index (χ0v) is 17.3. The van der Waals surface area contributed by atoms with Gasteiger partial charge >= 0.3 is 6.18 Å². The molecule has 2 aromatic carbocycles. The van der Waals surface area contributed by atoms with E-state index in [1.165, 1.54) is 17.7 Å². The molecule has 5 rings (SSSR count). The summed E-state index contributed by atoms with van der Waals surface area (Å²) in [4.78, 5) is 11.1. The molecule has 1 fully saturated rings. The number of nitrogens with zero attached hydrogens (tertiary/aromatic N) is 4. The van der Waals surface area contributed by atoms with Crippen molar-refractivity contribution in [2.45, 2.75) is 31.5 Å². The standard InChI is InChI=1S/C24H22F3N5/c25-24(26,27)19-3-1-2-18(13-19)20-14-30-31-23(20)17-6-10-32(11-7-17)15-16-4-5-21-22(12-16)29-9-8-28-21/h1-5,8-9,12-14,17H,6-7,10-11,15H2,(H,30,31). The highest BCUT2D eigenvalue weighted by molar-refractivity contribution is 5.74. The maximum atomic E-state index is 13.1. The highest BCUT2D eigenvalue weighted by Crippen LogP contribution is 2.37. The number of hydrogen-bond donors (Lipinski definition) is 1. The Bertz CT molecular complexity index is 1230. The van der Waals surface area contributed by atoms with E-state index < -0.39 is 11.7 Å². The number of aromatic nitrogens is 4. The Morgan fingerprint density at radius 2 is 1.75 bits per heavy atom. The Labute approximate surface area is 183 Å². The molecule has 1 aliphatic rings. The molecule has 32 heavy (non-hydrogen) atoms. The Morgan fingerprint density at radius 3 is 2.53 bits per heavy atom. The van der Waals surface area contributed by atoms with Crippen LogP contribution in [0.15, 0.2) is 61.1 Å². The summed E-state index contributed by atoms with van der Waals surface area (Å²) < 4.78 is 39.4. The molecule has 0 aliphatic carbocycles. The van der Waals surface area contributed by atoms with Crippen molar-refractivity contribution in [3.63, 3.8) is 0 Å². The molecule has 0 unspecified atom stereocenters. The number of hydrogen-bond acceptors (Lipinski definition) is 4. The highest BCUT2D eigenvalue weighted by Gasteiger charge is 2.31. The van der Waals surface area contributed by atoms with Crippen molar-refractivity contribution in [1.82, 2.24) is 25.1 Å². The van der Waals surface area contributed by atoms with Gasteiger partial charge in [0.1, 0.15) is 0 Å². The number of halogens is 3. The molecule has 5 nitrogen and oxygen atoms in total. The summed E-state index contributed by atoms with van der Waals surface area (Å²) in [6, 6.07) is 11.6. The average Bonchev–Trinajstić information content (AvgIpc) is 3.29. The van der Waals surface area contributed by atoms with E-state index in [9.17, 15) is 13.2 Å². The molecule has 1 saturated heterocycles. The third-order valence-electron chi connectivity index (χ3n) is 6.11. The van der Waals surface area contributed by atoms with Gasteiger partial charge in [-0.15, -0.1) is 0 Å². The average molecular weight is 437 g/mol. The van der Waals surface area contributed by atoms with Crippen LogP contribution in [-0.4, -0.2) is 38.2 Å². The van der Waals surface area contributed by atoms with Crippen molar-refractivity contribution in [3.05, 3.63) is 77.9 Å².